The molecule has 2 aromatic heterocycles. The standard InChI is InChI=1S/C27H33N5O3/c1-17(2)19-6-8-22(9-7-19)27(34,26(4)15-31(5)16-26)23-10-20(11-28-12-23)24-29-25(35-30-24)21-13-32(14-21)18(3)33/h6-12,17,21,34H,13-16H2,1-5H3/t27-/m0/s1/i3D3. The summed E-state index contributed by atoms with van der Waals surface area (Å²) < 4.78 is 27.3. The Kier molecular flexibility index (Phi) is 4.91. The summed E-state index contributed by atoms with van der Waals surface area (Å²) in [5, 5.41) is 16.5. The lowest BCUT2D eigenvalue weighted by Gasteiger charge is -2.55. The smallest absolute Gasteiger partial charge is 0.233 e. The largest absolute Gasteiger partial charge is 0.380 e. The van der Waals surface area contributed by atoms with Crippen molar-refractivity contribution in [1.82, 2.24) is 24.9 Å². The average molecular weight is 479 g/mol. The highest BCUT2D eigenvalue weighted by Gasteiger charge is 2.55. The van der Waals surface area contributed by atoms with Gasteiger partial charge in [-0.3, -0.25) is 9.78 Å². The van der Waals surface area contributed by atoms with Crippen LogP contribution in [0.15, 0.2) is 47.2 Å². The molecule has 0 bridgehead atoms. The molecule has 2 fully saturated rings. The quantitative estimate of drug-likeness (QED) is 0.580. The van der Waals surface area contributed by atoms with Crippen LogP contribution in [-0.4, -0.2) is 69.2 Å². The Labute approximate surface area is 210 Å². The van der Waals surface area contributed by atoms with Gasteiger partial charge in [0.15, 0.2) is 0 Å². The third-order valence-electron chi connectivity index (χ3n) is 7.48. The minimum atomic E-state index is -2.66. The summed E-state index contributed by atoms with van der Waals surface area (Å²) in [6, 6.07) is 9.99. The monoisotopic (exact) mass is 478 g/mol. The molecule has 1 atom stereocenters. The highest BCUT2D eigenvalue weighted by Crippen LogP contribution is 2.50. The van der Waals surface area contributed by atoms with Crippen LogP contribution in [0.4, 0.5) is 0 Å². The van der Waals surface area contributed by atoms with Crippen LogP contribution in [0.3, 0.4) is 0 Å². The van der Waals surface area contributed by atoms with Crippen LogP contribution >= 0.6 is 0 Å². The second kappa shape index (κ2) is 8.53. The van der Waals surface area contributed by atoms with Gasteiger partial charge in [-0.15, -0.1) is 0 Å². The molecule has 184 valence electrons. The van der Waals surface area contributed by atoms with E-state index in [9.17, 15) is 9.90 Å². The fraction of sp³-hybridized carbons (Fsp3) is 0.481. The first-order chi connectivity index (χ1) is 17.8. The number of rotatable bonds is 6. The molecule has 0 saturated carbocycles. The van der Waals surface area contributed by atoms with Crippen molar-refractivity contribution in [1.29, 1.82) is 0 Å². The molecule has 8 nitrogen and oxygen atoms in total. The summed E-state index contributed by atoms with van der Waals surface area (Å²) in [4.78, 5) is 24.3. The van der Waals surface area contributed by atoms with E-state index in [1.807, 2.05) is 25.2 Å². The summed E-state index contributed by atoms with van der Waals surface area (Å²) in [5.41, 5.74) is 1.52. The molecular weight excluding hydrogens is 442 g/mol. The molecule has 3 aromatic rings. The first kappa shape index (κ1) is 20.1. The van der Waals surface area contributed by atoms with Crippen molar-refractivity contribution in [3.05, 3.63) is 65.3 Å². The van der Waals surface area contributed by atoms with E-state index in [2.05, 4.69) is 52.9 Å². The van der Waals surface area contributed by atoms with Gasteiger partial charge in [-0.05, 0) is 30.2 Å². The Morgan fingerprint density at radius 2 is 1.94 bits per heavy atom. The van der Waals surface area contributed by atoms with Crippen molar-refractivity contribution in [3.63, 3.8) is 0 Å². The van der Waals surface area contributed by atoms with Gasteiger partial charge in [0.2, 0.25) is 17.6 Å². The summed E-state index contributed by atoms with van der Waals surface area (Å²) in [5.74, 6) is -0.0504. The molecule has 0 aliphatic carbocycles. The number of pyridine rings is 1. The van der Waals surface area contributed by atoms with E-state index in [-0.39, 0.29) is 19.0 Å². The SMILES string of the molecule is [2H]C([2H])([2H])C(=O)N1CC(c2nc(-c3cncc([C@@](O)(c4ccc(C(C)C)cc4)C4(C)CN(C)C4)c3)no2)C1. The van der Waals surface area contributed by atoms with Gasteiger partial charge in [-0.2, -0.15) is 4.98 Å². The number of hydrogen-bond acceptors (Lipinski definition) is 7. The number of amides is 1. The summed E-state index contributed by atoms with van der Waals surface area (Å²) in [6.45, 7) is 5.59. The summed E-state index contributed by atoms with van der Waals surface area (Å²) in [6.07, 6.45) is 3.32. The zero-order valence-corrected chi connectivity index (χ0v) is 20.5. The number of benzene rings is 1. The maximum Gasteiger partial charge on any atom is 0.233 e. The lowest BCUT2D eigenvalue weighted by Crippen LogP contribution is -2.63. The van der Waals surface area contributed by atoms with Gasteiger partial charge < -0.3 is 19.4 Å². The fourth-order valence-electron chi connectivity index (χ4n) is 5.43. The van der Waals surface area contributed by atoms with Crippen molar-refractivity contribution >= 4 is 5.91 Å². The lowest BCUT2D eigenvalue weighted by molar-refractivity contribution is -0.133. The molecule has 0 radical (unpaired) electrons. The van der Waals surface area contributed by atoms with Crippen LogP contribution in [0.2, 0.25) is 0 Å². The van der Waals surface area contributed by atoms with E-state index in [0.29, 0.717) is 28.8 Å². The second-order valence-corrected chi connectivity index (χ2v) is 10.5. The highest BCUT2D eigenvalue weighted by atomic mass is 16.5. The topological polar surface area (TPSA) is 95.6 Å². The number of carbonyl (C=O) groups excluding carboxylic acids is 1. The Bertz CT molecular complexity index is 1330. The van der Waals surface area contributed by atoms with Crippen molar-refractivity contribution in [2.75, 3.05) is 33.2 Å². The van der Waals surface area contributed by atoms with Gasteiger partial charge in [-0.1, -0.05) is 50.2 Å². The number of nitrogens with zero attached hydrogens (tertiary/aromatic N) is 5. The average Bonchev–Trinajstić information content (AvgIpc) is 3.31. The van der Waals surface area contributed by atoms with Crippen LogP contribution in [0.1, 0.15) is 66.2 Å². The zero-order chi connectivity index (χ0) is 27.5. The zero-order valence-electron chi connectivity index (χ0n) is 23.5. The minimum absolute atomic E-state index is 0.217. The summed E-state index contributed by atoms with van der Waals surface area (Å²) in [7, 11) is 2.03. The predicted octanol–water partition coefficient (Wildman–Crippen LogP) is 3.39. The maximum atomic E-state index is 12.4. The molecule has 2 aliphatic rings. The molecule has 2 saturated heterocycles. The van der Waals surface area contributed by atoms with E-state index in [4.69, 9.17) is 8.64 Å². The fourth-order valence-corrected chi connectivity index (χ4v) is 5.43. The van der Waals surface area contributed by atoms with Crippen LogP contribution < -0.4 is 0 Å². The van der Waals surface area contributed by atoms with Crippen LogP contribution in [0.5, 0.6) is 0 Å². The first-order valence-corrected chi connectivity index (χ1v) is 11.9. The van der Waals surface area contributed by atoms with Crippen molar-refractivity contribution in [2.45, 2.75) is 45.1 Å². The van der Waals surface area contributed by atoms with Gasteiger partial charge in [0.1, 0.15) is 5.60 Å². The summed E-state index contributed by atoms with van der Waals surface area (Å²) >= 11 is 0. The van der Waals surface area contributed by atoms with Crippen LogP contribution in [-0.2, 0) is 10.4 Å². The normalized spacial score (nSPS) is 21.4. The van der Waals surface area contributed by atoms with Gasteiger partial charge in [-0.25, -0.2) is 0 Å². The van der Waals surface area contributed by atoms with Gasteiger partial charge >= 0.3 is 0 Å². The van der Waals surface area contributed by atoms with Crippen LogP contribution in [0.25, 0.3) is 11.4 Å². The Morgan fingerprint density at radius 3 is 2.57 bits per heavy atom. The van der Waals surface area contributed by atoms with Gasteiger partial charge in [0.25, 0.3) is 0 Å². The van der Waals surface area contributed by atoms with Gasteiger partial charge in [0, 0.05) is 66.1 Å². The third-order valence-corrected chi connectivity index (χ3v) is 7.48. The Hall–Kier alpha value is -3.10. The molecule has 1 amide bonds. The van der Waals surface area contributed by atoms with E-state index in [1.54, 1.807) is 12.4 Å². The van der Waals surface area contributed by atoms with E-state index in [0.717, 1.165) is 18.7 Å². The molecule has 1 N–H and O–H groups in total. The Morgan fingerprint density at radius 1 is 1.23 bits per heavy atom. The van der Waals surface area contributed by atoms with Gasteiger partial charge in [0.05, 0.1) is 5.92 Å². The van der Waals surface area contributed by atoms with Crippen molar-refractivity contribution in [3.8, 4) is 11.4 Å². The molecule has 4 heterocycles. The molecule has 0 unspecified atom stereocenters. The lowest BCUT2D eigenvalue weighted by atomic mass is 9.62. The first-order valence-electron chi connectivity index (χ1n) is 13.4. The molecule has 8 heteroatoms. The molecule has 1 aromatic carbocycles. The Balaban J connectivity index is 1.43. The van der Waals surface area contributed by atoms with E-state index in [1.165, 1.54) is 10.5 Å². The van der Waals surface area contributed by atoms with E-state index >= 15 is 0 Å². The molecule has 2 aliphatic heterocycles. The van der Waals surface area contributed by atoms with Crippen molar-refractivity contribution < 1.29 is 18.5 Å². The highest BCUT2D eigenvalue weighted by molar-refractivity contribution is 5.74. The molecule has 35 heavy (non-hydrogen) atoms. The number of hydrogen-bond donors (Lipinski definition) is 1. The van der Waals surface area contributed by atoms with Crippen molar-refractivity contribution in [2.24, 2.45) is 5.41 Å². The van der Waals surface area contributed by atoms with E-state index < -0.39 is 23.8 Å². The molecule has 5 rings (SSSR count). The number of carbonyl (C=O) groups is 1. The number of aromatic nitrogens is 3. The third kappa shape index (κ3) is 3.94. The minimum Gasteiger partial charge on any atom is -0.380 e. The second-order valence-electron chi connectivity index (χ2n) is 10.5. The molecule has 0 spiro atoms. The molecular formula is C27H33N5O3. The van der Waals surface area contributed by atoms with Crippen LogP contribution in [0, 0.1) is 5.41 Å². The predicted molar refractivity (Wildman–Crippen MR) is 132 cm³/mol. The number of likely N-dealkylation sites (tertiary alicyclic amines) is 2. The maximum absolute atomic E-state index is 12.4. The number of aliphatic hydroxyl groups is 1.